The van der Waals surface area contributed by atoms with Gasteiger partial charge in [0.15, 0.2) is 0 Å². The predicted octanol–water partition coefficient (Wildman–Crippen LogP) is 3.62. The van der Waals surface area contributed by atoms with Gasteiger partial charge in [-0.25, -0.2) is 0 Å². The van der Waals surface area contributed by atoms with Crippen molar-refractivity contribution in [3.05, 3.63) is 28.3 Å². The number of fused-ring (bicyclic) bond motifs is 1. The topological polar surface area (TPSA) is 9.23 Å². The highest BCUT2D eigenvalue weighted by molar-refractivity contribution is 6.30. The monoisotopic (exact) mass is 210 g/mol. The van der Waals surface area contributed by atoms with Gasteiger partial charge in [0.2, 0.25) is 0 Å². The molecule has 0 radical (unpaired) electrons. The van der Waals surface area contributed by atoms with E-state index in [-0.39, 0.29) is 5.60 Å². The quantitative estimate of drug-likeness (QED) is 0.688. The first-order valence-electron chi connectivity index (χ1n) is 5.02. The van der Waals surface area contributed by atoms with Crippen LogP contribution >= 0.6 is 11.6 Å². The summed E-state index contributed by atoms with van der Waals surface area (Å²) >= 11 is 6.02. The smallest absolute Gasteiger partial charge is 0.125 e. The number of hydrogen-bond acceptors (Lipinski definition) is 1. The summed E-state index contributed by atoms with van der Waals surface area (Å²) in [5.41, 5.74) is 2.58. The van der Waals surface area contributed by atoms with Crippen LogP contribution in [0.15, 0.2) is 12.1 Å². The van der Waals surface area contributed by atoms with Crippen molar-refractivity contribution in [3.8, 4) is 5.75 Å². The number of rotatable bonds is 1. The van der Waals surface area contributed by atoms with E-state index in [4.69, 9.17) is 16.3 Å². The lowest BCUT2D eigenvalue weighted by Crippen LogP contribution is -2.24. The maximum Gasteiger partial charge on any atom is 0.125 e. The summed E-state index contributed by atoms with van der Waals surface area (Å²) < 4.78 is 5.83. The first-order valence-corrected chi connectivity index (χ1v) is 5.40. The third kappa shape index (κ3) is 1.61. The Labute approximate surface area is 90.0 Å². The Morgan fingerprint density at radius 2 is 2.14 bits per heavy atom. The lowest BCUT2D eigenvalue weighted by Gasteiger charge is -2.16. The normalized spacial score (nSPS) is 17.7. The van der Waals surface area contributed by atoms with Gasteiger partial charge in [-0.3, -0.25) is 0 Å². The average molecular weight is 211 g/mol. The van der Waals surface area contributed by atoms with Crippen LogP contribution in [0, 0.1) is 0 Å². The zero-order valence-corrected chi connectivity index (χ0v) is 9.61. The second-order valence-corrected chi connectivity index (χ2v) is 4.87. The molecular weight excluding hydrogens is 196 g/mol. The molecule has 1 nitrogen and oxygen atoms in total. The summed E-state index contributed by atoms with van der Waals surface area (Å²) in [7, 11) is 0. The van der Waals surface area contributed by atoms with Crippen LogP contribution in [0.25, 0.3) is 0 Å². The maximum absolute atomic E-state index is 6.02. The molecule has 0 saturated carbocycles. The van der Waals surface area contributed by atoms with Gasteiger partial charge in [0.25, 0.3) is 0 Å². The molecule has 0 amide bonds. The van der Waals surface area contributed by atoms with Gasteiger partial charge < -0.3 is 4.74 Å². The Balaban J connectivity index is 2.50. The van der Waals surface area contributed by atoms with Crippen LogP contribution < -0.4 is 4.74 Å². The SMILES string of the molecule is CCc1cc(Cl)cc2c1CC(C)(C)O2. The third-order valence-corrected chi connectivity index (χ3v) is 2.85. The summed E-state index contributed by atoms with van der Waals surface area (Å²) in [6, 6.07) is 3.97. The van der Waals surface area contributed by atoms with Gasteiger partial charge in [0.05, 0.1) is 0 Å². The molecule has 0 aromatic heterocycles. The summed E-state index contributed by atoms with van der Waals surface area (Å²) in [5, 5.41) is 0.776. The van der Waals surface area contributed by atoms with E-state index in [0.717, 1.165) is 23.6 Å². The molecule has 0 spiro atoms. The van der Waals surface area contributed by atoms with Crippen molar-refractivity contribution in [1.29, 1.82) is 0 Å². The highest BCUT2D eigenvalue weighted by Gasteiger charge is 2.31. The fourth-order valence-corrected chi connectivity index (χ4v) is 2.26. The molecular formula is C12H15ClO. The minimum Gasteiger partial charge on any atom is -0.487 e. The number of hydrogen-bond donors (Lipinski definition) is 0. The molecule has 1 aliphatic rings. The zero-order valence-electron chi connectivity index (χ0n) is 8.86. The molecule has 0 fully saturated rings. The minimum atomic E-state index is -0.0725. The van der Waals surface area contributed by atoms with Gasteiger partial charge in [-0.05, 0) is 38.0 Å². The van der Waals surface area contributed by atoms with Crippen molar-refractivity contribution in [2.24, 2.45) is 0 Å². The summed E-state index contributed by atoms with van der Waals surface area (Å²) in [6.45, 7) is 6.37. The van der Waals surface area contributed by atoms with E-state index in [2.05, 4.69) is 20.8 Å². The molecule has 1 aliphatic heterocycles. The van der Waals surface area contributed by atoms with E-state index in [1.807, 2.05) is 12.1 Å². The molecule has 1 heterocycles. The van der Waals surface area contributed by atoms with Crippen LogP contribution in [-0.2, 0) is 12.8 Å². The van der Waals surface area contributed by atoms with Crippen molar-refractivity contribution in [2.75, 3.05) is 0 Å². The van der Waals surface area contributed by atoms with Crippen LogP contribution in [0.2, 0.25) is 5.02 Å². The highest BCUT2D eigenvalue weighted by Crippen LogP contribution is 2.39. The molecule has 2 rings (SSSR count). The van der Waals surface area contributed by atoms with Crippen LogP contribution in [-0.4, -0.2) is 5.60 Å². The summed E-state index contributed by atoms with van der Waals surface area (Å²) in [6.07, 6.45) is 2.00. The van der Waals surface area contributed by atoms with Crippen molar-refractivity contribution < 1.29 is 4.74 Å². The van der Waals surface area contributed by atoms with E-state index >= 15 is 0 Å². The third-order valence-electron chi connectivity index (χ3n) is 2.64. The largest absolute Gasteiger partial charge is 0.487 e. The fraction of sp³-hybridized carbons (Fsp3) is 0.500. The predicted molar refractivity (Wildman–Crippen MR) is 59.2 cm³/mol. The summed E-state index contributed by atoms with van der Waals surface area (Å²) in [4.78, 5) is 0. The lowest BCUT2D eigenvalue weighted by atomic mass is 9.96. The van der Waals surface area contributed by atoms with Crippen LogP contribution in [0.1, 0.15) is 31.9 Å². The summed E-state index contributed by atoms with van der Waals surface area (Å²) in [5.74, 6) is 0.972. The van der Waals surface area contributed by atoms with Gasteiger partial charge in [0, 0.05) is 17.0 Å². The van der Waals surface area contributed by atoms with Crippen molar-refractivity contribution in [3.63, 3.8) is 0 Å². The molecule has 0 aliphatic carbocycles. The number of benzene rings is 1. The molecule has 2 heteroatoms. The van der Waals surface area contributed by atoms with Gasteiger partial charge in [0.1, 0.15) is 11.4 Å². The Morgan fingerprint density at radius 3 is 2.79 bits per heavy atom. The molecule has 1 aromatic carbocycles. The molecule has 0 N–H and O–H groups in total. The minimum absolute atomic E-state index is 0.0725. The van der Waals surface area contributed by atoms with Crippen LogP contribution in [0.4, 0.5) is 0 Å². The van der Waals surface area contributed by atoms with E-state index in [9.17, 15) is 0 Å². The first-order chi connectivity index (χ1) is 6.52. The molecule has 0 unspecified atom stereocenters. The van der Waals surface area contributed by atoms with Gasteiger partial charge in [-0.1, -0.05) is 18.5 Å². The molecule has 0 saturated heterocycles. The first kappa shape index (κ1) is 9.85. The molecule has 1 aromatic rings. The number of ether oxygens (including phenoxy) is 1. The Hall–Kier alpha value is -0.690. The van der Waals surface area contributed by atoms with E-state index in [1.165, 1.54) is 11.1 Å². The van der Waals surface area contributed by atoms with Crippen molar-refractivity contribution >= 4 is 11.6 Å². The molecule has 76 valence electrons. The van der Waals surface area contributed by atoms with Crippen LogP contribution in [0.3, 0.4) is 0 Å². The van der Waals surface area contributed by atoms with Crippen LogP contribution in [0.5, 0.6) is 5.75 Å². The fourth-order valence-electron chi connectivity index (χ4n) is 2.03. The lowest BCUT2D eigenvalue weighted by molar-refractivity contribution is 0.138. The number of aryl methyl sites for hydroxylation is 1. The molecule has 14 heavy (non-hydrogen) atoms. The Kier molecular flexibility index (Phi) is 2.23. The van der Waals surface area contributed by atoms with E-state index in [1.54, 1.807) is 0 Å². The van der Waals surface area contributed by atoms with E-state index in [0.29, 0.717) is 0 Å². The van der Waals surface area contributed by atoms with Crippen molar-refractivity contribution in [2.45, 2.75) is 39.2 Å². The Bertz CT molecular complexity index is 369. The Morgan fingerprint density at radius 1 is 1.43 bits per heavy atom. The molecule has 0 bridgehead atoms. The molecule has 0 atom stereocenters. The zero-order chi connectivity index (χ0) is 10.3. The highest BCUT2D eigenvalue weighted by atomic mass is 35.5. The van der Waals surface area contributed by atoms with Crippen molar-refractivity contribution in [1.82, 2.24) is 0 Å². The number of halogens is 1. The second-order valence-electron chi connectivity index (χ2n) is 4.43. The second kappa shape index (κ2) is 3.16. The van der Waals surface area contributed by atoms with E-state index < -0.39 is 0 Å². The average Bonchev–Trinajstić information content (AvgIpc) is 2.37. The maximum atomic E-state index is 6.02. The van der Waals surface area contributed by atoms with Gasteiger partial charge in [-0.2, -0.15) is 0 Å². The standard InChI is InChI=1S/C12H15ClO/c1-4-8-5-9(13)6-11-10(8)7-12(2,3)14-11/h5-6H,4,7H2,1-3H3. The van der Waals surface area contributed by atoms with Gasteiger partial charge >= 0.3 is 0 Å². The van der Waals surface area contributed by atoms with Gasteiger partial charge in [-0.15, -0.1) is 0 Å².